The zero-order valence-corrected chi connectivity index (χ0v) is 20.5. The molecular weight excluding hydrogens is 477 g/mol. The Morgan fingerprint density at radius 2 is 1.64 bits per heavy atom. The normalized spacial score (nSPS) is 14.1. The second kappa shape index (κ2) is 11.1. The van der Waals surface area contributed by atoms with Crippen molar-refractivity contribution < 1.29 is 18.7 Å². The molecule has 0 saturated carbocycles. The van der Waals surface area contributed by atoms with Crippen molar-refractivity contribution in [3.05, 3.63) is 95.3 Å². The van der Waals surface area contributed by atoms with Crippen LogP contribution in [-0.4, -0.2) is 61.0 Å². The highest BCUT2D eigenvalue weighted by atomic mass is 32.1. The van der Waals surface area contributed by atoms with Crippen LogP contribution in [0.1, 0.15) is 32.7 Å². The Kier molecular flexibility index (Phi) is 7.46. The fourth-order valence-corrected chi connectivity index (χ4v) is 5.25. The first-order chi connectivity index (χ1) is 17.6. The first kappa shape index (κ1) is 24.2. The maximum atomic E-state index is 13.8. The van der Waals surface area contributed by atoms with Gasteiger partial charge in [-0.1, -0.05) is 53.8 Å². The molecule has 36 heavy (non-hydrogen) atoms. The zero-order valence-electron chi connectivity index (χ0n) is 19.7. The van der Waals surface area contributed by atoms with Crippen LogP contribution in [-0.2, 0) is 4.74 Å². The number of morpholine rings is 1. The van der Waals surface area contributed by atoms with Crippen LogP contribution in [0.15, 0.2) is 72.8 Å². The summed E-state index contributed by atoms with van der Waals surface area (Å²) >= 11 is 1.30. The molecule has 5 rings (SSSR count). The van der Waals surface area contributed by atoms with E-state index in [1.165, 1.54) is 23.5 Å². The van der Waals surface area contributed by atoms with Gasteiger partial charge in [-0.3, -0.25) is 19.4 Å². The van der Waals surface area contributed by atoms with Crippen LogP contribution in [0, 0.1) is 5.82 Å². The van der Waals surface area contributed by atoms with E-state index >= 15 is 0 Å². The van der Waals surface area contributed by atoms with Gasteiger partial charge in [-0.25, -0.2) is 9.37 Å². The fourth-order valence-electron chi connectivity index (χ4n) is 4.24. The van der Waals surface area contributed by atoms with Gasteiger partial charge in [0.25, 0.3) is 5.91 Å². The quantitative estimate of drug-likeness (QED) is 0.316. The Hall–Kier alpha value is -3.46. The second-order valence-corrected chi connectivity index (χ2v) is 9.65. The molecule has 0 spiro atoms. The zero-order chi connectivity index (χ0) is 24.9. The summed E-state index contributed by atoms with van der Waals surface area (Å²) in [4.78, 5) is 35.0. The number of hydrogen-bond acceptors (Lipinski definition) is 6. The number of rotatable bonds is 8. The van der Waals surface area contributed by atoms with Gasteiger partial charge in [-0.2, -0.15) is 0 Å². The monoisotopic (exact) mass is 503 g/mol. The molecule has 1 aromatic heterocycles. The van der Waals surface area contributed by atoms with Crippen LogP contribution in [0.25, 0.3) is 10.2 Å². The number of ketones is 1. The Labute approximate surface area is 212 Å². The predicted molar refractivity (Wildman–Crippen MR) is 139 cm³/mol. The van der Waals surface area contributed by atoms with Gasteiger partial charge in [0.05, 0.1) is 23.4 Å². The van der Waals surface area contributed by atoms with E-state index in [9.17, 15) is 14.0 Å². The van der Waals surface area contributed by atoms with Crippen molar-refractivity contribution in [1.29, 1.82) is 0 Å². The number of ether oxygens (including phenoxy) is 1. The van der Waals surface area contributed by atoms with E-state index < -0.39 is 0 Å². The third-order valence-electron chi connectivity index (χ3n) is 6.21. The number of aromatic nitrogens is 1. The van der Waals surface area contributed by atoms with Gasteiger partial charge in [0.15, 0.2) is 10.9 Å². The van der Waals surface area contributed by atoms with E-state index in [1.54, 1.807) is 47.4 Å². The van der Waals surface area contributed by atoms with Gasteiger partial charge < -0.3 is 4.74 Å². The molecule has 0 aliphatic carbocycles. The summed E-state index contributed by atoms with van der Waals surface area (Å²) in [6.07, 6.45) is 0.764. The summed E-state index contributed by atoms with van der Waals surface area (Å²) < 4.78 is 19.9. The van der Waals surface area contributed by atoms with Crippen LogP contribution in [0.5, 0.6) is 0 Å². The number of amides is 1. The van der Waals surface area contributed by atoms with Crippen LogP contribution in [0.3, 0.4) is 0 Å². The maximum Gasteiger partial charge on any atom is 0.260 e. The number of fused-ring (bicyclic) bond motifs is 1. The smallest absolute Gasteiger partial charge is 0.260 e. The SMILES string of the molecule is O=C(c1ccccc1)c1ccc(C(=O)N(CCCN2CCOCC2)c2nc3ccc(F)cc3s2)cc1. The number of benzene rings is 3. The first-order valence-electron chi connectivity index (χ1n) is 12.0. The Morgan fingerprint density at radius 1 is 0.944 bits per heavy atom. The molecule has 0 unspecified atom stereocenters. The number of halogens is 1. The van der Waals surface area contributed by atoms with Gasteiger partial charge in [0, 0.05) is 42.9 Å². The molecule has 6 nitrogen and oxygen atoms in total. The second-order valence-electron chi connectivity index (χ2n) is 8.65. The molecule has 0 bridgehead atoms. The number of thiazole rings is 1. The van der Waals surface area contributed by atoms with Gasteiger partial charge in [0.1, 0.15) is 5.82 Å². The fraction of sp³-hybridized carbons (Fsp3) is 0.250. The Balaban J connectivity index is 1.37. The molecule has 1 aliphatic heterocycles. The van der Waals surface area contributed by atoms with Crippen molar-refractivity contribution in [3.8, 4) is 0 Å². The summed E-state index contributed by atoms with van der Waals surface area (Å²) in [7, 11) is 0. The number of hydrogen-bond donors (Lipinski definition) is 0. The van der Waals surface area contributed by atoms with E-state index in [1.807, 2.05) is 18.2 Å². The minimum absolute atomic E-state index is 0.0924. The molecule has 0 radical (unpaired) electrons. The highest BCUT2D eigenvalue weighted by molar-refractivity contribution is 7.22. The van der Waals surface area contributed by atoms with E-state index in [0.29, 0.717) is 38.6 Å². The summed E-state index contributed by atoms with van der Waals surface area (Å²) in [6.45, 7) is 4.52. The molecule has 1 saturated heterocycles. The molecule has 4 aromatic rings. The molecule has 8 heteroatoms. The van der Waals surface area contributed by atoms with Crippen molar-refractivity contribution in [2.75, 3.05) is 44.3 Å². The van der Waals surface area contributed by atoms with E-state index in [-0.39, 0.29) is 17.5 Å². The Bertz CT molecular complexity index is 1350. The summed E-state index contributed by atoms with van der Waals surface area (Å²) in [5, 5.41) is 0.534. The van der Waals surface area contributed by atoms with Crippen molar-refractivity contribution in [1.82, 2.24) is 9.88 Å². The van der Waals surface area contributed by atoms with E-state index in [2.05, 4.69) is 9.88 Å². The minimum atomic E-state index is -0.332. The molecule has 3 aromatic carbocycles. The van der Waals surface area contributed by atoms with Crippen molar-refractivity contribution >= 4 is 38.4 Å². The third-order valence-corrected chi connectivity index (χ3v) is 7.25. The molecule has 0 atom stereocenters. The topological polar surface area (TPSA) is 62.7 Å². The largest absolute Gasteiger partial charge is 0.379 e. The lowest BCUT2D eigenvalue weighted by atomic mass is 10.0. The van der Waals surface area contributed by atoms with Crippen molar-refractivity contribution in [2.24, 2.45) is 0 Å². The highest BCUT2D eigenvalue weighted by Crippen LogP contribution is 2.30. The van der Waals surface area contributed by atoms with Crippen LogP contribution in [0.2, 0.25) is 0 Å². The summed E-state index contributed by atoms with van der Waals surface area (Å²) in [5.74, 6) is -0.623. The average molecular weight is 504 g/mol. The third kappa shape index (κ3) is 5.51. The van der Waals surface area contributed by atoms with Crippen LogP contribution in [0.4, 0.5) is 9.52 Å². The van der Waals surface area contributed by atoms with Gasteiger partial charge in [-0.05, 0) is 36.8 Å². The number of carbonyl (C=O) groups is 2. The number of anilines is 1. The van der Waals surface area contributed by atoms with Gasteiger partial charge >= 0.3 is 0 Å². The van der Waals surface area contributed by atoms with Crippen LogP contribution >= 0.6 is 11.3 Å². The van der Waals surface area contributed by atoms with Crippen molar-refractivity contribution in [3.63, 3.8) is 0 Å². The first-order valence-corrected chi connectivity index (χ1v) is 12.8. The van der Waals surface area contributed by atoms with Gasteiger partial charge in [-0.15, -0.1) is 0 Å². The average Bonchev–Trinajstić information content (AvgIpc) is 3.34. The van der Waals surface area contributed by atoms with Crippen LogP contribution < -0.4 is 4.90 Å². The lowest BCUT2D eigenvalue weighted by Gasteiger charge is -2.27. The standard InChI is InChI=1S/C28H26FN3O3S/c29-23-11-12-24-25(19-23)36-28(30-24)32(14-4-13-31-15-17-35-18-16-31)27(34)22-9-7-21(8-10-22)26(33)20-5-2-1-3-6-20/h1-3,5-12,19H,4,13-18H2. The lowest BCUT2D eigenvalue weighted by Crippen LogP contribution is -2.39. The molecule has 0 N–H and O–H groups in total. The highest BCUT2D eigenvalue weighted by Gasteiger charge is 2.22. The summed E-state index contributed by atoms with van der Waals surface area (Å²) in [6, 6.07) is 20.2. The molecule has 184 valence electrons. The molecule has 2 heterocycles. The van der Waals surface area contributed by atoms with E-state index in [0.717, 1.165) is 39.3 Å². The number of nitrogens with zero attached hydrogens (tertiary/aromatic N) is 3. The molecule has 1 fully saturated rings. The van der Waals surface area contributed by atoms with Gasteiger partial charge in [0.2, 0.25) is 0 Å². The minimum Gasteiger partial charge on any atom is -0.379 e. The molecule has 1 aliphatic rings. The lowest BCUT2D eigenvalue weighted by molar-refractivity contribution is 0.0376. The van der Waals surface area contributed by atoms with E-state index in [4.69, 9.17) is 4.74 Å². The molecular formula is C28H26FN3O3S. The predicted octanol–water partition coefficient (Wildman–Crippen LogP) is 5.04. The maximum absolute atomic E-state index is 13.8. The summed E-state index contributed by atoms with van der Waals surface area (Å²) in [5.41, 5.74) is 2.25. The Morgan fingerprint density at radius 3 is 2.39 bits per heavy atom. The van der Waals surface area contributed by atoms with Crippen molar-refractivity contribution in [2.45, 2.75) is 6.42 Å². The molecule has 1 amide bonds. The number of carbonyl (C=O) groups excluding carboxylic acids is 2.